The van der Waals surface area contributed by atoms with Gasteiger partial charge in [0.05, 0.1) is 13.2 Å². The van der Waals surface area contributed by atoms with Crippen LogP contribution < -0.4 is 26.2 Å². The van der Waals surface area contributed by atoms with Crippen LogP contribution in [-0.2, 0) is 4.74 Å². The number of rotatable bonds is 6. The molecule has 0 saturated carbocycles. The summed E-state index contributed by atoms with van der Waals surface area (Å²) >= 11 is 0. The van der Waals surface area contributed by atoms with Crippen LogP contribution in [0.1, 0.15) is 0 Å². The van der Waals surface area contributed by atoms with Gasteiger partial charge in [-0.2, -0.15) is 9.97 Å². The second-order valence-corrected chi connectivity index (χ2v) is 8.56. The Morgan fingerprint density at radius 1 is 0.692 bits per heavy atom. The summed E-state index contributed by atoms with van der Waals surface area (Å²) in [5, 5.41) is 10.8. The van der Waals surface area contributed by atoms with Gasteiger partial charge < -0.3 is 30.9 Å². The van der Waals surface area contributed by atoms with Crippen molar-refractivity contribution >= 4 is 35.1 Å². The number of amides is 4. The van der Waals surface area contributed by atoms with Gasteiger partial charge in [0.25, 0.3) is 0 Å². The molecule has 12 nitrogen and oxygen atoms in total. The van der Waals surface area contributed by atoms with Crippen molar-refractivity contribution < 1.29 is 14.3 Å². The average Bonchev–Trinajstić information content (AvgIpc) is 2.98. The number of nitrogens with one attached hydrogen (secondary N) is 4. The van der Waals surface area contributed by atoms with Gasteiger partial charge in [-0.25, -0.2) is 14.6 Å². The van der Waals surface area contributed by atoms with Crippen molar-refractivity contribution in [2.24, 2.45) is 0 Å². The predicted molar refractivity (Wildman–Crippen MR) is 149 cm³/mol. The molecule has 4 aromatic rings. The van der Waals surface area contributed by atoms with E-state index in [1.54, 1.807) is 55.8 Å². The summed E-state index contributed by atoms with van der Waals surface area (Å²) in [6, 6.07) is 17.3. The lowest BCUT2D eigenvalue weighted by Gasteiger charge is -2.27. The smallest absolute Gasteiger partial charge is 0.323 e. The van der Waals surface area contributed by atoms with Crippen molar-refractivity contribution in [1.29, 1.82) is 0 Å². The minimum Gasteiger partial charge on any atom is -0.378 e. The molecule has 1 saturated heterocycles. The number of urea groups is 2. The maximum Gasteiger partial charge on any atom is 0.323 e. The lowest BCUT2D eigenvalue weighted by molar-refractivity contribution is 0.122. The van der Waals surface area contributed by atoms with E-state index in [1.807, 2.05) is 24.3 Å². The highest BCUT2D eigenvalue weighted by Crippen LogP contribution is 2.26. The van der Waals surface area contributed by atoms with Crippen molar-refractivity contribution in [3.05, 3.63) is 73.1 Å². The number of benzene rings is 2. The summed E-state index contributed by atoms with van der Waals surface area (Å²) < 4.78 is 5.49. The second-order valence-electron chi connectivity index (χ2n) is 8.56. The van der Waals surface area contributed by atoms with E-state index >= 15 is 0 Å². The highest BCUT2D eigenvalue weighted by molar-refractivity contribution is 5.99. The third-order valence-corrected chi connectivity index (χ3v) is 5.88. The number of nitrogens with zero attached hydrogens (tertiary/aromatic N) is 5. The van der Waals surface area contributed by atoms with Gasteiger partial charge in [0.2, 0.25) is 5.95 Å². The normalized spacial score (nSPS) is 12.9. The minimum atomic E-state index is -0.361. The van der Waals surface area contributed by atoms with Crippen molar-refractivity contribution in [2.45, 2.75) is 0 Å². The molecule has 4 amide bonds. The SMILES string of the molecule is CNC(=O)Nc1ccc(-c2nc(-c3ccc(NC(=O)Nc4ccncc4)cc3)nc(N3CCOCC3)n2)cc1. The molecule has 0 bridgehead atoms. The lowest BCUT2D eigenvalue weighted by Crippen LogP contribution is -2.37. The van der Waals surface area contributed by atoms with Crippen LogP contribution in [-0.4, -0.2) is 65.3 Å². The van der Waals surface area contributed by atoms with Crippen LogP contribution in [0, 0.1) is 0 Å². The van der Waals surface area contributed by atoms with E-state index in [0.717, 1.165) is 11.1 Å². The molecule has 198 valence electrons. The largest absolute Gasteiger partial charge is 0.378 e. The summed E-state index contributed by atoms with van der Waals surface area (Å²) in [6.45, 7) is 2.54. The molecule has 0 spiro atoms. The average molecular weight is 526 g/mol. The number of carbonyl (C=O) groups excluding carboxylic acids is 2. The van der Waals surface area contributed by atoms with Gasteiger partial charge >= 0.3 is 12.1 Å². The van der Waals surface area contributed by atoms with Crippen LogP contribution >= 0.6 is 0 Å². The number of carbonyl (C=O) groups is 2. The zero-order valence-electron chi connectivity index (χ0n) is 21.2. The molecule has 0 atom stereocenters. The highest BCUT2D eigenvalue weighted by atomic mass is 16.5. The third-order valence-electron chi connectivity index (χ3n) is 5.88. The van der Waals surface area contributed by atoms with E-state index in [9.17, 15) is 9.59 Å². The van der Waals surface area contributed by atoms with Crippen molar-refractivity contribution in [3.8, 4) is 22.8 Å². The topological polar surface area (TPSA) is 146 Å². The van der Waals surface area contributed by atoms with Gasteiger partial charge in [-0.15, -0.1) is 0 Å². The van der Waals surface area contributed by atoms with Crippen LogP contribution in [0.3, 0.4) is 0 Å². The summed E-state index contributed by atoms with van der Waals surface area (Å²) in [6.07, 6.45) is 3.21. The Morgan fingerprint density at radius 3 is 1.69 bits per heavy atom. The van der Waals surface area contributed by atoms with Gasteiger partial charge in [-0.1, -0.05) is 0 Å². The number of pyridine rings is 1. The molecule has 12 heteroatoms. The van der Waals surface area contributed by atoms with Crippen LogP contribution in [0.4, 0.5) is 32.6 Å². The van der Waals surface area contributed by atoms with Crippen LogP contribution in [0.25, 0.3) is 22.8 Å². The number of hydrogen-bond acceptors (Lipinski definition) is 8. The summed E-state index contributed by atoms with van der Waals surface area (Å²) in [5.41, 5.74) is 3.46. The van der Waals surface area contributed by atoms with Crippen molar-refractivity contribution in [3.63, 3.8) is 0 Å². The Bertz CT molecular complexity index is 1430. The van der Waals surface area contributed by atoms with Gasteiger partial charge in [0, 0.05) is 60.7 Å². The molecule has 39 heavy (non-hydrogen) atoms. The summed E-state index contributed by atoms with van der Waals surface area (Å²) in [7, 11) is 1.56. The molecule has 5 rings (SSSR count). The van der Waals surface area contributed by atoms with E-state index in [2.05, 4.69) is 31.2 Å². The Morgan fingerprint density at radius 2 is 1.18 bits per heavy atom. The molecule has 0 aliphatic carbocycles. The third kappa shape index (κ3) is 6.62. The molecule has 1 aliphatic rings. The van der Waals surface area contributed by atoms with E-state index in [1.165, 1.54) is 0 Å². The number of ether oxygens (including phenoxy) is 1. The summed E-state index contributed by atoms with van der Waals surface area (Å²) in [4.78, 5) is 44.2. The zero-order valence-corrected chi connectivity index (χ0v) is 21.2. The van der Waals surface area contributed by atoms with E-state index in [0.29, 0.717) is 61.0 Å². The second kappa shape index (κ2) is 12.0. The van der Waals surface area contributed by atoms with Gasteiger partial charge in [-0.3, -0.25) is 4.98 Å². The van der Waals surface area contributed by atoms with Gasteiger partial charge in [0.1, 0.15) is 0 Å². The first-order valence-electron chi connectivity index (χ1n) is 12.3. The molecule has 3 heterocycles. The molecule has 0 unspecified atom stereocenters. The van der Waals surface area contributed by atoms with Crippen molar-refractivity contribution in [2.75, 3.05) is 54.2 Å². The first-order valence-corrected chi connectivity index (χ1v) is 12.3. The fourth-order valence-corrected chi connectivity index (χ4v) is 3.86. The molecule has 0 radical (unpaired) electrons. The van der Waals surface area contributed by atoms with Crippen LogP contribution in [0.5, 0.6) is 0 Å². The monoisotopic (exact) mass is 525 g/mol. The molecule has 2 aromatic carbocycles. The van der Waals surface area contributed by atoms with Gasteiger partial charge in [0.15, 0.2) is 11.6 Å². The minimum absolute atomic E-state index is 0.299. The highest BCUT2D eigenvalue weighted by Gasteiger charge is 2.18. The van der Waals surface area contributed by atoms with Gasteiger partial charge in [-0.05, 0) is 60.7 Å². The first kappa shape index (κ1) is 25.5. The maximum atomic E-state index is 12.3. The molecular weight excluding hydrogens is 498 g/mol. The maximum absolute atomic E-state index is 12.3. The molecule has 1 fully saturated rings. The molecular formula is C27H27N9O3. The lowest BCUT2D eigenvalue weighted by atomic mass is 10.1. The Labute approximate surface area is 224 Å². The van der Waals surface area contributed by atoms with E-state index < -0.39 is 0 Å². The van der Waals surface area contributed by atoms with E-state index in [-0.39, 0.29) is 12.1 Å². The van der Waals surface area contributed by atoms with E-state index in [4.69, 9.17) is 19.7 Å². The zero-order chi connectivity index (χ0) is 27.0. The fraction of sp³-hybridized carbons (Fsp3) is 0.185. The Balaban J connectivity index is 1.39. The quantitative estimate of drug-likeness (QED) is 0.297. The van der Waals surface area contributed by atoms with Crippen LogP contribution in [0.15, 0.2) is 73.1 Å². The Kier molecular flexibility index (Phi) is 7.84. The summed E-state index contributed by atoms with van der Waals surface area (Å²) in [5.74, 6) is 1.57. The number of anilines is 4. The molecule has 1 aliphatic heterocycles. The fourth-order valence-electron chi connectivity index (χ4n) is 3.86. The van der Waals surface area contributed by atoms with Crippen LogP contribution in [0.2, 0.25) is 0 Å². The number of hydrogen-bond donors (Lipinski definition) is 4. The molecule has 2 aromatic heterocycles. The number of morpholine rings is 1. The first-order chi connectivity index (χ1) is 19.1. The number of aromatic nitrogens is 4. The standard InChI is InChI=1S/C27H27N9O3/c1-28-26(37)30-20-6-2-18(3-7-20)23-33-24(35-25(34-23)36-14-16-39-17-15-36)19-4-8-21(9-5-19)31-27(38)32-22-10-12-29-13-11-22/h2-13H,14-17H2,1H3,(H2,28,30,37)(H2,29,31,32,38). The predicted octanol–water partition coefficient (Wildman–Crippen LogP) is 3.83. The van der Waals surface area contributed by atoms with Crippen molar-refractivity contribution in [1.82, 2.24) is 25.3 Å². The molecule has 4 N–H and O–H groups in total. The Hall–Kier alpha value is -5.10.